The highest BCUT2D eigenvalue weighted by molar-refractivity contribution is 5.03. The Labute approximate surface area is 103 Å². The molecule has 4 nitrogen and oxygen atoms in total. The lowest BCUT2D eigenvalue weighted by Crippen LogP contribution is -2.43. The van der Waals surface area contributed by atoms with Crippen molar-refractivity contribution in [1.82, 2.24) is 10.1 Å². The lowest BCUT2D eigenvalue weighted by molar-refractivity contribution is 0.260. The molecule has 0 saturated heterocycles. The van der Waals surface area contributed by atoms with E-state index in [0.717, 1.165) is 25.1 Å². The second-order valence-electron chi connectivity index (χ2n) is 6.36. The van der Waals surface area contributed by atoms with E-state index in [0.29, 0.717) is 5.89 Å². The molecule has 1 aromatic rings. The summed E-state index contributed by atoms with van der Waals surface area (Å²) in [5.74, 6) is 1.46. The summed E-state index contributed by atoms with van der Waals surface area (Å²) in [6.07, 6.45) is 6.60. The third-order valence-electron chi connectivity index (χ3n) is 3.49. The number of rotatable bonds is 2. The molecular formula is C13H23N3O. The van der Waals surface area contributed by atoms with Crippen LogP contribution in [0, 0.1) is 0 Å². The molecule has 0 aliphatic heterocycles. The number of nitrogens with zero attached hydrogens (tertiary/aromatic N) is 2. The average Bonchev–Trinajstić information content (AvgIpc) is 2.66. The minimum Gasteiger partial charge on any atom is -0.339 e. The fraction of sp³-hybridized carbons (Fsp3) is 0.846. The molecular weight excluding hydrogens is 214 g/mol. The van der Waals surface area contributed by atoms with E-state index in [2.05, 4.69) is 30.9 Å². The topological polar surface area (TPSA) is 64.9 Å². The molecule has 96 valence electrons. The molecule has 0 radical (unpaired) electrons. The van der Waals surface area contributed by atoms with Gasteiger partial charge in [0.25, 0.3) is 0 Å². The molecule has 0 bridgehead atoms. The van der Waals surface area contributed by atoms with Gasteiger partial charge in [0.2, 0.25) is 5.89 Å². The van der Waals surface area contributed by atoms with Gasteiger partial charge in [-0.2, -0.15) is 4.98 Å². The van der Waals surface area contributed by atoms with Gasteiger partial charge in [0.1, 0.15) is 0 Å². The number of hydrogen-bond donors (Lipinski definition) is 1. The second-order valence-corrected chi connectivity index (χ2v) is 6.36. The van der Waals surface area contributed by atoms with E-state index in [-0.39, 0.29) is 11.0 Å². The molecule has 0 unspecified atom stereocenters. The predicted octanol–water partition coefficient (Wildman–Crippen LogP) is 2.57. The molecule has 0 atom stereocenters. The Balaban J connectivity index is 2.06. The van der Waals surface area contributed by atoms with Crippen LogP contribution in [-0.4, -0.2) is 15.7 Å². The normalized spacial score (nSPS) is 20.5. The summed E-state index contributed by atoms with van der Waals surface area (Å²) in [6, 6.07) is 0. The average molecular weight is 237 g/mol. The maximum absolute atomic E-state index is 6.38. The third-order valence-corrected chi connectivity index (χ3v) is 3.49. The van der Waals surface area contributed by atoms with Crippen molar-refractivity contribution < 1.29 is 4.52 Å². The highest BCUT2D eigenvalue weighted by Crippen LogP contribution is 2.29. The van der Waals surface area contributed by atoms with Crippen LogP contribution < -0.4 is 5.73 Å². The van der Waals surface area contributed by atoms with Crippen LogP contribution in [0.5, 0.6) is 0 Å². The lowest BCUT2D eigenvalue weighted by atomic mass is 9.80. The quantitative estimate of drug-likeness (QED) is 0.858. The SMILES string of the molecule is CC(C)(C)c1noc(CC2(N)CCCCC2)n1. The van der Waals surface area contributed by atoms with Gasteiger partial charge in [0, 0.05) is 17.4 Å². The van der Waals surface area contributed by atoms with E-state index in [9.17, 15) is 0 Å². The van der Waals surface area contributed by atoms with E-state index in [4.69, 9.17) is 10.3 Å². The highest BCUT2D eigenvalue weighted by atomic mass is 16.5. The first kappa shape index (κ1) is 12.6. The van der Waals surface area contributed by atoms with E-state index < -0.39 is 0 Å². The standard InChI is InChI=1S/C13H23N3O/c1-12(2,3)11-15-10(17-16-11)9-13(14)7-5-4-6-8-13/h4-9,14H2,1-3H3. The van der Waals surface area contributed by atoms with Gasteiger partial charge >= 0.3 is 0 Å². The molecule has 1 heterocycles. The Kier molecular flexibility index (Phi) is 3.25. The van der Waals surface area contributed by atoms with Crippen molar-refractivity contribution >= 4 is 0 Å². The zero-order valence-corrected chi connectivity index (χ0v) is 11.1. The minimum absolute atomic E-state index is 0.0594. The van der Waals surface area contributed by atoms with E-state index >= 15 is 0 Å². The van der Waals surface area contributed by atoms with Crippen molar-refractivity contribution in [1.29, 1.82) is 0 Å². The van der Waals surface area contributed by atoms with Gasteiger partial charge in [-0.05, 0) is 12.8 Å². The van der Waals surface area contributed by atoms with Crippen LogP contribution >= 0.6 is 0 Å². The van der Waals surface area contributed by atoms with Crippen LogP contribution in [0.3, 0.4) is 0 Å². The van der Waals surface area contributed by atoms with Gasteiger partial charge in [0.05, 0.1) is 0 Å². The molecule has 1 saturated carbocycles. The summed E-state index contributed by atoms with van der Waals surface area (Å²) < 4.78 is 5.32. The molecule has 17 heavy (non-hydrogen) atoms. The summed E-state index contributed by atoms with van der Waals surface area (Å²) in [5.41, 5.74) is 6.20. The van der Waals surface area contributed by atoms with Crippen molar-refractivity contribution in [2.45, 2.75) is 70.3 Å². The van der Waals surface area contributed by atoms with Crippen molar-refractivity contribution in [2.75, 3.05) is 0 Å². The molecule has 1 aliphatic rings. The van der Waals surface area contributed by atoms with Gasteiger partial charge in [-0.1, -0.05) is 45.2 Å². The van der Waals surface area contributed by atoms with Crippen LogP contribution in [0.2, 0.25) is 0 Å². The predicted molar refractivity (Wildman–Crippen MR) is 66.7 cm³/mol. The zero-order chi connectivity index (χ0) is 12.5. The van der Waals surface area contributed by atoms with Crippen molar-refractivity contribution in [3.05, 3.63) is 11.7 Å². The molecule has 0 aromatic carbocycles. The van der Waals surface area contributed by atoms with Gasteiger partial charge in [-0.3, -0.25) is 0 Å². The molecule has 1 aliphatic carbocycles. The molecule has 1 aromatic heterocycles. The van der Waals surface area contributed by atoms with E-state index in [1.165, 1.54) is 19.3 Å². The molecule has 2 N–H and O–H groups in total. The van der Waals surface area contributed by atoms with Crippen molar-refractivity contribution in [3.8, 4) is 0 Å². The first-order valence-electron chi connectivity index (χ1n) is 6.51. The fourth-order valence-corrected chi connectivity index (χ4v) is 2.37. The highest BCUT2D eigenvalue weighted by Gasteiger charge is 2.31. The summed E-state index contributed by atoms with van der Waals surface area (Å²) in [7, 11) is 0. The summed E-state index contributed by atoms with van der Waals surface area (Å²) in [5, 5.41) is 4.04. The van der Waals surface area contributed by atoms with Crippen LogP contribution in [0.25, 0.3) is 0 Å². The number of hydrogen-bond acceptors (Lipinski definition) is 4. The fourth-order valence-electron chi connectivity index (χ4n) is 2.37. The van der Waals surface area contributed by atoms with Crippen LogP contribution in [-0.2, 0) is 11.8 Å². The smallest absolute Gasteiger partial charge is 0.228 e. The molecule has 0 amide bonds. The van der Waals surface area contributed by atoms with E-state index in [1.807, 2.05) is 0 Å². The molecule has 1 fully saturated rings. The second kappa shape index (κ2) is 4.41. The van der Waals surface area contributed by atoms with Crippen LogP contribution in [0.15, 0.2) is 4.52 Å². The zero-order valence-electron chi connectivity index (χ0n) is 11.1. The van der Waals surface area contributed by atoms with Crippen LogP contribution in [0.1, 0.15) is 64.6 Å². The summed E-state index contributed by atoms with van der Waals surface area (Å²) in [4.78, 5) is 4.46. The van der Waals surface area contributed by atoms with E-state index in [1.54, 1.807) is 0 Å². The van der Waals surface area contributed by atoms with Crippen molar-refractivity contribution in [3.63, 3.8) is 0 Å². The van der Waals surface area contributed by atoms with Gasteiger partial charge in [0.15, 0.2) is 5.82 Å². The largest absolute Gasteiger partial charge is 0.339 e. The molecule has 4 heteroatoms. The first-order valence-corrected chi connectivity index (χ1v) is 6.51. The Bertz CT molecular complexity index is 372. The van der Waals surface area contributed by atoms with Gasteiger partial charge < -0.3 is 10.3 Å². The molecule has 0 spiro atoms. The van der Waals surface area contributed by atoms with Crippen molar-refractivity contribution in [2.24, 2.45) is 5.73 Å². The third kappa shape index (κ3) is 3.06. The van der Waals surface area contributed by atoms with Gasteiger partial charge in [-0.25, -0.2) is 0 Å². The molecule has 2 rings (SSSR count). The maximum atomic E-state index is 6.38. The maximum Gasteiger partial charge on any atom is 0.228 e. The van der Waals surface area contributed by atoms with Crippen LogP contribution in [0.4, 0.5) is 0 Å². The summed E-state index contributed by atoms with van der Waals surface area (Å²) >= 11 is 0. The Morgan fingerprint density at radius 3 is 2.41 bits per heavy atom. The van der Waals surface area contributed by atoms with Gasteiger partial charge in [-0.15, -0.1) is 0 Å². The summed E-state index contributed by atoms with van der Waals surface area (Å²) in [6.45, 7) is 6.25. The number of aromatic nitrogens is 2. The first-order chi connectivity index (χ1) is 7.89. The monoisotopic (exact) mass is 237 g/mol. The Morgan fingerprint density at radius 1 is 1.24 bits per heavy atom. The lowest BCUT2D eigenvalue weighted by Gasteiger charge is -2.31. The number of nitrogens with two attached hydrogens (primary N) is 1. The Hall–Kier alpha value is -0.900. The minimum atomic E-state index is -0.125. The Morgan fingerprint density at radius 2 is 1.88 bits per heavy atom.